The van der Waals surface area contributed by atoms with Crippen molar-refractivity contribution in [2.75, 3.05) is 6.54 Å². The number of halogens is 1. The van der Waals surface area contributed by atoms with E-state index in [0.717, 1.165) is 10.9 Å². The number of hydrogen-bond donors (Lipinski definition) is 2. The zero-order valence-electron chi connectivity index (χ0n) is 12.7. The van der Waals surface area contributed by atoms with E-state index in [0.29, 0.717) is 6.54 Å². The fourth-order valence-electron chi connectivity index (χ4n) is 1.94. The van der Waals surface area contributed by atoms with Crippen LogP contribution in [0.2, 0.25) is 0 Å². The molecule has 0 bridgehead atoms. The molecule has 0 aliphatic carbocycles. The molecule has 1 amide bonds. The maximum atomic E-state index is 12.0. The lowest BCUT2D eigenvalue weighted by Crippen LogP contribution is -2.47. The van der Waals surface area contributed by atoms with Crippen molar-refractivity contribution >= 4 is 21.8 Å². The summed E-state index contributed by atoms with van der Waals surface area (Å²) in [4.78, 5) is 12.0. The van der Waals surface area contributed by atoms with E-state index in [4.69, 9.17) is 5.73 Å². The molecule has 0 heterocycles. The molecular weight excluding hydrogens is 316 g/mol. The van der Waals surface area contributed by atoms with Crippen LogP contribution in [0.3, 0.4) is 0 Å². The molecule has 0 radical (unpaired) electrons. The van der Waals surface area contributed by atoms with Crippen LogP contribution in [0.5, 0.6) is 0 Å². The van der Waals surface area contributed by atoms with E-state index in [1.807, 2.05) is 26.0 Å². The van der Waals surface area contributed by atoms with Gasteiger partial charge >= 0.3 is 0 Å². The van der Waals surface area contributed by atoms with Gasteiger partial charge in [0.05, 0.1) is 6.04 Å². The minimum absolute atomic E-state index is 0.0652. The zero-order chi connectivity index (χ0) is 15.3. The molecule has 0 spiro atoms. The lowest BCUT2D eigenvalue weighted by molar-refractivity contribution is -0.123. The zero-order valence-corrected chi connectivity index (χ0v) is 14.3. The van der Waals surface area contributed by atoms with Gasteiger partial charge in [0, 0.05) is 16.4 Å². The smallest absolute Gasteiger partial charge is 0.237 e. The summed E-state index contributed by atoms with van der Waals surface area (Å²) in [6, 6.07) is 7.75. The first-order valence-corrected chi connectivity index (χ1v) is 7.86. The van der Waals surface area contributed by atoms with Crippen LogP contribution in [0.4, 0.5) is 0 Å². The van der Waals surface area contributed by atoms with E-state index in [1.165, 1.54) is 5.56 Å². The molecule has 1 aromatic rings. The second-order valence-corrected chi connectivity index (χ2v) is 6.94. The largest absolute Gasteiger partial charge is 0.354 e. The van der Waals surface area contributed by atoms with Crippen LogP contribution in [0.15, 0.2) is 28.7 Å². The molecule has 0 saturated heterocycles. The number of carbonyl (C=O) groups is 1. The Bertz CT molecular complexity index is 442. The average Bonchev–Trinajstić information content (AvgIpc) is 2.43. The van der Waals surface area contributed by atoms with Crippen molar-refractivity contribution in [2.24, 2.45) is 11.7 Å². The summed E-state index contributed by atoms with van der Waals surface area (Å²) in [5.41, 5.74) is 7.01. The molecule has 3 nitrogen and oxygen atoms in total. The first-order chi connectivity index (χ1) is 9.27. The van der Waals surface area contributed by atoms with Crippen molar-refractivity contribution in [2.45, 2.75) is 45.6 Å². The molecule has 20 heavy (non-hydrogen) atoms. The quantitative estimate of drug-likeness (QED) is 0.835. The molecule has 0 fully saturated rings. The average molecular weight is 341 g/mol. The van der Waals surface area contributed by atoms with Gasteiger partial charge in [0.15, 0.2) is 0 Å². The number of nitrogens with two attached hydrogens (primary N) is 1. The predicted molar refractivity (Wildman–Crippen MR) is 87.6 cm³/mol. The first kappa shape index (κ1) is 17.2. The van der Waals surface area contributed by atoms with Crippen molar-refractivity contribution in [1.29, 1.82) is 0 Å². The van der Waals surface area contributed by atoms with E-state index in [1.54, 1.807) is 0 Å². The van der Waals surface area contributed by atoms with E-state index >= 15 is 0 Å². The normalized spacial score (nSPS) is 14.7. The van der Waals surface area contributed by atoms with Gasteiger partial charge < -0.3 is 11.1 Å². The van der Waals surface area contributed by atoms with Gasteiger partial charge in [-0.25, -0.2) is 0 Å². The summed E-state index contributed by atoms with van der Waals surface area (Å²) >= 11 is 3.43. The molecule has 0 saturated carbocycles. The van der Waals surface area contributed by atoms with Gasteiger partial charge in [-0.3, -0.25) is 4.79 Å². The Morgan fingerprint density at radius 1 is 1.35 bits per heavy atom. The highest BCUT2D eigenvalue weighted by Gasteiger charge is 2.24. The van der Waals surface area contributed by atoms with Gasteiger partial charge in [-0.1, -0.05) is 62.2 Å². The highest BCUT2D eigenvalue weighted by Crippen LogP contribution is 2.24. The number of amides is 1. The lowest BCUT2D eigenvalue weighted by atomic mass is 9.84. The summed E-state index contributed by atoms with van der Waals surface area (Å²) in [5.74, 6) is 0.135. The Kier molecular flexibility index (Phi) is 6.21. The summed E-state index contributed by atoms with van der Waals surface area (Å²) in [6.07, 6.45) is 0.907. The molecule has 1 rings (SSSR count). The monoisotopic (exact) mass is 340 g/mol. The third kappa shape index (κ3) is 4.60. The van der Waals surface area contributed by atoms with Crippen LogP contribution in [-0.4, -0.2) is 18.5 Å². The summed E-state index contributed by atoms with van der Waals surface area (Å²) in [7, 11) is 0. The molecule has 0 aromatic heterocycles. The third-order valence-corrected chi connectivity index (χ3v) is 4.42. The molecule has 112 valence electrons. The second-order valence-electron chi connectivity index (χ2n) is 6.02. The summed E-state index contributed by atoms with van der Waals surface area (Å²) < 4.78 is 1.06. The van der Waals surface area contributed by atoms with Gasteiger partial charge in [0.25, 0.3) is 0 Å². The molecule has 4 heteroatoms. The minimum Gasteiger partial charge on any atom is -0.354 e. The van der Waals surface area contributed by atoms with E-state index in [-0.39, 0.29) is 17.2 Å². The van der Waals surface area contributed by atoms with E-state index in [2.05, 4.69) is 47.2 Å². The summed E-state index contributed by atoms with van der Waals surface area (Å²) in [6.45, 7) is 8.86. The number of benzene rings is 1. The number of hydrogen-bond acceptors (Lipinski definition) is 2. The molecular formula is C16H25BrN2O. The summed E-state index contributed by atoms with van der Waals surface area (Å²) in [5, 5.41) is 2.98. The minimum atomic E-state index is -0.430. The Morgan fingerprint density at radius 3 is 2.40 bits per heavy atom. The molecule has 0 aliphatic rings. The van der Waals surface area contributed by atoms with Crippen molar-refractivity contribution in [3.8, 4) is 0 Å². The Morgan fingerprint density at radius 2 is 1.90 bits per heavy atom. The first-order valence-electron chi connectivity index (χ1n) is 7.07. The van der Waals surface area contributed by atoms with Crippen molar-refractivity contribution in [3.63, 3.8) is 0 Å². The van der Waals surface area contributed by atoms with Crippen molar-refractivity contribution < 1.29 is 4.79 Å². The Labute approximate surface area is 130 Å². The van der Waals surface area contributed by atoms with Crippen LogP contribution in [0.25, 0.3) is 0 Å². The van der Waals surface area contributed by atoms with Crippen molar-refractivity contribution in [1.82, 2.24) is 5.32 Å². The molecule has 0 aliphatic heterocycles. The topological polar surface area (TPSA) is 55.1 Å². The fraction of sp³-hybridized carbons (Fsp3) is 0.562. The second kappa shape index (κ2) is 7.23. The number of rotatable bonds is 6. The van der Waals surface area contributed by atoms with Gasteiger partial charge in [0.1, 0.15) is 0 Å². The maximum Gasteiger partial charge on any atom is 0.237 e. The highest BCUT2D eigenvalue weighted by molar-refractivity contribution is 9.10. The molecule has 3 N–H and O–H groups in total. The lowest BCUT2D eigenvalue weighted by Gasteiger charge is -2.27. The van der Waals surface area contributed by atoms with Crippen LogP contribution in [0.1, 0.15) is 39.7 Å². The van der Waals surface area contributed by atoms with Crippen LogP contribution >= 0.6 is 15.9 Å². The molecule has 2 unspecified atom stereocenters. The van der Waals surface area contributed by atoms with Crippen molar-refractivity contribution in [3.05, 3.63) is 34.3 Å². The molecule has 2 atom stereocenters. The SMILES string of the molecule is CCC(C)C(N)C(=O)NCC(C)(C)c1ccc(Br)cc1. The Hall–Kier alpha value is -0.870. The molecule has 1 aromatic carbocycles. The van der Waals surface area contributed by atoms with Gasteiger partial charge in [-0.05, 0) is 23.6 Å². The van der Waals surface area contributed by atoms with E-state index < -0.39 is 6.04 Å². The fourth-order valence-corrected chi connectivity index (χ4v) is 2.21. The van der Waals surface area contributed by atoms with Crippen LogP contribution in [-0.2, 0) is 10.2 Å². The van der Waals surface area contributed by atoms with Gasteiger partial charge in [-0.15, -0.1) is 0 Å². The predicted octanol–water partition coefficient (Wildman–Crippen LogP) is 3.22. The third-order valence-electron chi connectivity index (χ3n) is 3.89. The van der Waals surface area contributed by atoms with Crippen LogP contribution in [0, 0.1) is 5.92 Å². The van der Waals surface area contributed by atoms with E-state index in [9.17, 15) is 4.79 Å². The maximum absolute atomic E-state index is 12.0. The standard InChI is InChI=1S/C16H25BrN2O/c1-5-11(2)14(18)15(20)19-10-16(3,4)12-6-8-13(17)9-7-12/h6-9,11,14H,5,10,18H2,1-4H3,(H,19,20). The van der Waals surface area contributed by atoms with Crippen LogP contribution < -0.4 is 11.1 Å². The number of nitrogens with one attached hydrogen (secondary N) is 1. The van der Waals surface area contributed by atoms with Gasteiger partial charge in [0.2, 0.25) is 5.91 Å². The Balaban J connectivity index is 2.63. The number of carbonyl (C=O) groups excluding carboxylic acids is 1. The van der Waals surface area contributed by atoms with Gasteiger partial charge in [-0.2, -0.15) is 0 Å². The highest BCUT2D eigenvalue weighted by atomic mass is 79.9.